The third-order valence-corrected chi connectivity index (χ3v) is 3.27. The molecule has 2 nitrogen and oxygen atoms in total. The topological polar surface area (TPSA) is 33.1 Å². The molecule has 0 bridgehead atoms. The van der Waals surface area contributed by atoms with Gasteiger partial charge in [-0.2, -0.15) is 0 Å². The lowest BCUT2D eigenvalue weighted by molar-refractivity contribution is 0.296. The van der Waals surface area contributed by atoms with Crippen molar-refractivity contribution >= 4 is 22.5 Å². The number of benzene rings is 1. The van der Waals surface area contributed by atoms with Crippen LogP contribution in [0.5, 0.6) is 0 Å². The fraction of sp³-hybridized carbons (Fsp3) is 0.250. The van der Waals surface area contributed by atoms with Gasteiger partial charge in [0.2, 0.25) is 0 Å². The maximum absolute atomic E-state index is 8.72. The molecule has 2 rings (SSSR count). The van der Waals surface area contributed by atoms with Gasteiger partial charge in [-0.15, -0.1) is 11.8 Å². The molecule has 0 spiro atoms. The summed E-state index contributed by atoms with van der Waals surface area (Å²) < 4.78 is 0. The molecule has 0 unspecified atom stereocenters. The number of nitrogens with zero attached hydrogens (tertiary/aromatic N) is 1. The molecular weight excluding hydrogens is 206 g/mol. The fourth-order valence-electron chi connectivity index (χ4n) is 1.44. The van der Waals surface area contributed by atoms with Gasteiger partial charge in [-0.25, -0.2) is 4.98 Å². The number of rotatable bonds is 4. The quantitative estimate of drug-likeness (QED) is 0.634. The molecule has 0 saturated carbocycles. The largest absolute Gasteiger partial charge is 0.396 e. The molecule has 2 aromatic rings. The first-order valence-electron chi connectivity index (χ1n) is 4.99. The first-order chi connectivity index (χ1) is 7.42. The Labute approximate surface area is 93.3 Å². The average Bonchev–Trinajstić information content (AvgIpc) is 2.30. The summed E-state index contributed by atoms with van der Waals surface area (Å²) in [7, 11) is 0. The van der Waals surface area contributed by atoms with Crippen LogP contribution in [-0.2, 0) is 0 Å². The van der Waals surface area contributed by atoms with Gasteiger partial charge in [0.15, 0.2) is 0 Å². The highest BCUT2D eigenvalue weighted by molar-refractivity contribution is 7.99. The number of aromatic nitrogens is 1. The van der Waals surface area contributed by atoms with Gasteiger partial charge in [0.1, 0.15) is 5.03 Å². The molecule has 0 fully saturated rings. The van der Waals surface area contributed by atoms with Crippen LogP contribution in [-0.4, -0.2) is 22.5 Å². The van der Waals surface area contributed by atoms with E-state index in [1.807, 2.05) is 24.4 Å². The molecule has 0 amide bonds. The van der Waals surface area contributed by atoms with Gasteiger partial charge in [-0.1, -0.05) is 24.3 Å². The van der Waals surface area contributed by atoms with Gasteiger partial charge in [0.25, 0.3) is 0 Å². The van der Waals surface area contributed by atoms with E-state index in [4.69, 9.17) is 5.11 Å². The van der Waals surface area contributed by atoms with E-state index in [2.05, 4.69) is 17.1 Å². The Morgan fingerprint density at radius 3 is 2.93 bits per heavy atom. The summed E-state index contributed by atoms with van der Waals surface area (Å²) in [6.45, 7) is 0.248. The zero-order valence-corrected chi connectivity index (χ0v) is 9.20. The Bertz CT molecular complexity index is 439. The lowest BCUT2D eigenvalue weighted by Crippen LogP contribution is -1.88. The second-order valence-electron chi connectivity index (χ2n) is 3.26. The first kappa shape index (κ1) is 10.5. The lowest BCUT2D eigenvalue weighted by atomic mass is 10.2. The molecule has 0 aliphatic heterocycles. The maximum atomic E-state index is 8.72. The van der Waals surface area contributed by atoms with Crippen molar-refractivity contribution in [1.82, 2.24) is 4.98 Å². The van der Waals surface area contributed by atoms with Gasteiger partial charge in [-0.3, -0.25) is 0 Å². The third kappa shape index (κ3) is 2.49. The Hall–Kier alpha value is -1.06. The Morgan fingerprint density at radius 2 is 2.07 bits per heavy atom. The van der Waals surface area contributed by atoms with Gasteiger partial charge in [-0.05, 0) is 17.9 Å². The van der Waals surface area contributed by atoms with Crippen LogP contribution in [0.1, 0.15) is 6.42 Å². The Balaban J connectivity index is 2.26. The zero-order valence-electron chi connectivity index (χ0n) is 8.39. The number of hydrogen-bond acceptors (Lipinski definition) is 3. The van der Waals surface area contributed by atoms with Gasteiger partial charge in [0.05, 0.1) is 0 Å². The molecule has 3 heteroatoms. The summed E-state index contributed by atoms with van der Waals surface area (Å²) in [4.78, 5) is 4.36. The van der Waals surface area contributed by atoms with Gasteiger partial charge in [0, 0.05) is 23.9 Å². The van der Waals surface area contributed by atoms with Crippen molar-refractivity contribution in [2.75, 3.05) is 12.4 Å². The normalized spacial score (nSPS) is 10.7. The molecule has 1 aromatic heterocycles. The minimum atomic E-state index is 0.248. The van der Waals surface area contributed by atoms with E-state index < -0.39 is 0 Å². The van der Waals surface area contributed by atoms with Crippen LogP contribution in [0.3, 0.4) is 0 Å². The second-order valence-corrected chi connectivity index (χ2v) is 4.35. The van der Waals surface area contributed by atoms with E-state index in [1.165, 1.54) is 10.8 Å². The number of fused-ring (bicyclic) bond motifs is 1. The summed E-state index contributed by atoms with van der Waals surface area (Å²) in [5, 5.41) is 12.2. The molecule has 0 aliphatic carbocycles. The lowest BCUT2D eigenvalue weighted by Gasteiger charge is -2.03. The number of aliphatic hydroxyl groups excluding tert-OH is 1. The Kier molecular flexibility index (Phi) is 3.59. The third-order valence-electron chi connectivity index (χ3n) is 2.18. The molecule has 15 heavy (non-hydrogen) atoms. The van der Waals surface area contributed by atoms with E-state index in [1.54, 1.807) is 11.8 Å². The van der Waals surface area contributed by atoms with Crippen molar-refractivity contribution in [2.45, 2.75) is 11.4 Å². The van der Waals surface area contributed by atoms with Crippen molar-refractivity contribution in [3.63, 3.8) is 0 Å². The number of thioether (sulfide) groups is 1. The molecule has 1 aromatic carbocycles. The van der Waals surface area contributed by atoms with Crippen LogP contribution in [0.25, 0.3) is 10.8 Å². The van der Waals surface area contributed by atoms with Crippen LogP contribution in [0, 0.1) is 0 Å². The van der Waals surface area contributed by atoms with Crippen molar-refractivity contribution in [3.05, 3.63) is 36.5 Å². The standard InChI is InChI=1S/C12H13NOS/c14-8-3-9-15-12-11-5-2-1-4-10(11)6-7-13-12/h1-2,4-7,14H,3,8-9H2. The molecule has 1 N–H and O–H groups in total. The predicted octanol–water partition coefficient (Wildman–Crippen LogP) is 2.71. The number of aliphatic hydroxyl groups is 1. The van der Waals surface area contributed by atoms with E-state index in [0.717, 1.165) is 17.2 Å². The van der Waals surface area contributed by atoms with E-state index in [0.29, 0.717) is 0 Å². The molecule has 0 atom stereocenters. The van der Waals surface area contributed by atoms with E-state index in [-0.39, 0.29) is 6.61 Å². The SMILES string of the molecule is OCCCSc1nccc2ccccc12. The summed E-state index contributed by atoms with van der Waals surface area (Å²) in [6, 6.07) is 10.3. The van der Waals surface area contributed by atoms with Crippen LogP contribution in [0.15, 0.2) is 41.6 Å². The molecule has 78 valence electrons. The van der Waals surface area contributed by atoms with Crippen LogP contribution >= 0.6 is 11.8 Å². The van der Waals surface area contributed by atoms with Crippen molar-refractivity contribution < 1.29 is 5.11 Å². The maximum Gasteiger partial charge on any atom is 0.104 e. The van der Waals surface area contributed by atoms with Crippen molar-refractivity contribution in [2.24, 2.45) is 0 Å². The van der Waals surface area contributed by atoms with Crippen molar-refractivity contribution in [3.8, 4) is 0 Å². The smallest absolute Gasteiger partial charge is 0.104 e. The summed E-state index contributed by atoms with van der Waals surface area (Å²) >= 11 is 1.70. The fourth-order valence-corrected chi connectivity index (χ4v) is 2.38. The van der Waals surface area contributed by atoms with E-state index in [9.17, 15) is 0 Å². The molecule has 0 saturated heterocycles. The highest BCUT2D eigenvalue weighted by atomic mass is 32.2. The number of hydrogen-bond donors (Lipinski definition) is 1. The second kappa shape index (κ2) is 5.14. The number of pyridine rings is 1. The predicted molar refractivity (Wildman–Crippen MR) is 64.2 cm³/mol. The summed E-state index contributed by atoms with van der Waals surface area (Å²) in [5.74, 6) is 0.914. The molecular formula is C12H13NOS. The van der Waals surface area contributed by atoms with E-state index >= 15 is 0 Å². The zero-order chi connectivity index (χ0) is 10.5. The Morgan fingerprint density at radius 1 is 1.20 bits per heavy atom. The van der Waals surface area contributed by atoms with Gasteiger partial charge >= 0.3 is 0 Å². The van der Waals surface area contributed by atoms with Crippen LogP contribution in [0.2, 0.25) is 0 Å². The molecule has 1 heterocycles. The molecule has 0 aliphatic rings. The van der Waals surface area contributed by atoms with Gasteiger partial charge < -0.3 is 5.11 Å². The van der Waals surface area contributed by atoms with Crippen LogP contribution < -0.4 is 0 Å². The minimum Gasteiger partial charge on any atom is -0.396 e. The monoisotopic (exact) mass is 219 g/mol. The highest BCUT2D eigenvalue weighted by Gasteiger charge is 2.01. The first-order valence-corrected chi connectivity index (χ1v) is 5.98. The highest BCUT2D eigenvalue weighted by Crippen LogP contribution is 2.25. The minimum absolute atomic E-state index is 0.248. The van der Waals surface area contributed by atoms with Crippen molar-refractivity contribution in [1.29, 1.82) is 0 Å². The summed E-state index contributed by atoms with van der Waals surface area (Å²) in [6.07, 6.45) is 2.65. The molecule has 0 radical (unpaired) electrons. The van der Waals surface area contributed by atoms with Crippen LogP contribution in [0.4, 0.5) is 0 Å². The average molecular weight is 219 g/mol. The summed E-state index contributed by atoms with van der Waals surface area (Å²) in [5.41, 5.74) is 0.